The van der Waals surface area contributed by atoms with Crippen molar-refractivity contribution in [3.8, 4) is 0 Å². The molecule has 7 nitrogen and oxygen atoms in total. The van der Waals surface area contributed by atoms with E-state index in [0.29, 0.717) is 23.6 Å². The number of carbonyl (C=O) groups is 2. The third kappa shape index (κ3) is 3.52. The molecule has 2 N–H and O–H groups in total. The highest BCUT2D eigenvalue weighted by molar-refractivity contribution is 6.07. The van der Waals surface area contributed by atoms with Crippen molar-refractivity contribution in [3.63, 3.8) is 0 Å². The van der Waals surface area contributed by atoms with Crippen molar-refractivity contribution in [2.24, 2.45) is 7.05 Å². The van der Waals surface area contributed by atoms with Crippen molar-refractivity contribution in [2.75, 3.05) is 5.32 Å². The van der Waals surface area contributed by atoms with E-state index < -0.39 is 0 Å². The second-order valence-corrected chi connectivity index (χ2v) is 5.21. The van der Waals surface area contributed by atoms with Gasteiger partial charge >= 0.3 is 6.03 Å². The Labute approximate surface area is 138 Å². The molecule has 2 amide bonds. The summed E-state index contributed by atoms with van der Waals surface area (Å²) in [6.07, 6.45) is 6.41. The molecule has 0 unspecified atom stereocenters. The molecule has 0 aliphatic carbocycles. The lowest BCUT2D eigenvalue weighted by Crippen LogP contribution is -2.28. The van der Waals surface area contributed by atoms with E-state index in [-0.39, 0.29) is 11.8 Å². The van der Waals surface area contributed by atoms with Gasteiger partial charge in [0, 0.05) is 42.8 Å². The van der Waals surface area contributed by atoms with Crippen molar-refractivity contribution in [3.05, 3.63) is 72.2 Å². The minimum atomic E-state index is -0.334. The monoisotopic (exact) mass is 324 g/mol. The van der Waals surface area contributed by atoms with Crippen LogP contribution < -0.4 is 10.6 Å². The van der Waals surface area contributed by atoms with Gasteiger partial charge in [-0.2, -0.15) is 0 Å². The van der Waals surface area contributed by atoms with Crippen LogP contribution in [-0.4, -0.2) is 21.4 Å². The first-order valence-corrected chi connectivity index (χ1v) is 7.31. The van der Waals surface area contributed by atoms with Gasteiger partial charge in [-0.15, -0.1) is 0 Å². The molecule has 7 heteroatoms. The summed E-state index contributed by atoms with van der Waals surface area (Å²) in [5.74, 6) is 0.201. The standard InChI is InChI=1S/C17H16N4O3/c1-21-8-7-18-16(21)15(22)13-2-4-14(5-3-13)20-17(23)19-10-12-6-9-24-11-12/h2-9,11H,10H2,1H3,(H2,19,20,23). The number of benzene rings is 1. The van der Waals surface area contributed by atoms with Gasteiger partial charge in [0.15, 0.2) is 5.82 Å². The smallest absolute Gasteiger partial charge is 0.319 e. The molecule has 0 aliphatic rings. The fourth-order valence-electron chi connectivity index (χ4n) is 2.17. The van der Waals surface area contributed by atoms with E-state index in [0.717, 1.165) is 5.56 Å². The molecule has 0 bridgehead atoms. The van der Waals surface area contributed by atoms with Gasteiger partial charge < -0.3 is 19.6 Å². The van der Waals surface area contributed by atoms with Crippen LogP contribution in [0.25, 0.3) is 0 Å². The van der Waals surface area contributed by atoms with E-state index in [1.54, 1.807) is 66.9 Å². The fourth-order valence-corrected chi connectivity index (χ4v) is 2.17. The molecular weight excluding hydrogens is 308 g/mol. The van der Waals surface area contributed by atoms with Crippen LogP contribution in [0.3, 0.4) is 0 Å². The van der Waals surface area contributed by atoms with Crippen LogP contribution in [0.2, 0.25) is 0 Å². The zero-order valence-corrected chi connectivity index (χ0v) is 13.0. The molecule has 0 fully saturated rings. The van der Waals surface area contributed by atoms with Crippen molar-refractivity contribution in [1.29, 1.82) is 0 Å². The summed E-state index contributed by atoms with van der Waals surface area (Å²) < 4.78 is 6.59. The summed E-state index contributed by atoms with van der Waals surface area (Å²) in [5, 5.41) is 5.41. The van der Waals surface area contributed by atoms with Crippen molar-refractivity contribution < 1.29 is 14.0 Å². The van der Waals surface area contributed by atoms with Gasteiger partial charge in [-0.1, -0.05) is 0 Å². The van der Waals surface area contributed by atoms with Gasteiger partial charge in [-0.05, 0) is 30.3 Å². The summed E-state index contributed by atoms with van der Waals surface area (Å²) in [6, 6.07) is 8.10. The van der Waals surface area contributed by atoms with E-state index in [1.165, 1.54) is 0 Å². The van der Waals surface area contributed by atoms with Crippen LogP contribution in [-0.2, 0) is 13.6 Å². The molecule has 0 saturated heterocycles. The molecule has 0 aliphatic heterocycles. The highest BCUT2D eigenvalue weighted by atomic mass is 16.3. The largest absolute Gasteiger partial charge is 0.472 e. The molecule has 24 heavy (non-hydrogen) atoms. The molecule has 1 aromatic carbocycles. The number of anilines is 1. The molecule has 2 heterocycles. The van der Waals surface area contributed by atoms with E-state index >= 15 is 0 Å². The Bertz CT molecular complexity index is 835. The predicted octanol–water partition coefficient (Wildman–Crippen LogP) is 2.57. The lowest BCUT2D eigenvalue weighted by molar-refractivity contribution is 0.102. The van der Waals surface area contributed by atoms with Gasteiger partial charge in [-0.25, -0.2) is 9.78 Å². The highest BCUT2D eigenvalue weighted by Crippen LogP contribution is 2.13. The summed E-state index contributed by atoms with van der Waals surface area (Å²) in [6.45, 7) is 0.373. The topological polar surface area (TPSA) is 89.2 Å². The molecule has 2 aromatic heterocycles. The summed E-state index contributed by atoms with van der Waals surface area (Å²) >= 11 is 0. The van der Waals surface area contributed by atoms with Crippen LogP contribution in [0.4, 0.5) is 10.5 Å². The molecule has 0 atom stereocenters. The van der Waals surface area contributed by atoms with E-state index in [1.807, 2.05) is 0 Å². The number of hydrogen-bond acceptors (Lipinski definition) is 4. The number of imidazole rings is 1. The van der Waals surface area contributed by atoms with E-state index in [4.69, 9.17) is 4.42 Å². The number of nitrogens with one attached hydrogen (secondary N) is 2. The molecule has 3 aromatic rings. The van der Waals surface area contributed by atoms with E-state index in [2.05, 4.69) is 15.6 Å². The van der Waals surface area contributed by atoms with Crippen molar-refractivity contribution in [2.45, 2.75) is 6.54 Å². The summed E-state index contributed by atoms with van der Waals surface area (Å²) in [5.41, 5.74) is 1.98. The number of hydrogen-bond donors (Lipinski definition) is 2. The normalized spacial score (nSPS) is 10.4. The van der Waals surface area contributed by atoms with Crippen LogP contribution >= 0.6 is 0 Å². The maximum absolute atomic E-state index is 12.3. The third-order valence-electron chi connectivity index (χ3n) is 3.46. The minimum absolute atomic E-state index is 0.168. The Morgan fingerprint density at radius 2 is 2.00 bits per heavy atom. The molecule has 0 spiro atoms. The predicted molar refractivity (Wildman–Crippen MR) is 87.6 cm³/mol. The number of aryl methyl sites for hydroxylation is 1. The Kier molecular flexibility index (Phi) is 4.42. The Balaban J connectivity index is 1.59. The van der Waals surface area contributed by atoms with Gasteiger partial charge in [0.05, 0.1) is 12.5 Å². The number of ketones is 1. The van der Waals surface area contributed by atoms with Crippen LogP contribution in [0.1, 0.15) is 21.7 Å². The SMILES string of the molecule is Cn1ccnc1C(=O)c1ccc(NC(=O)NCc2ccoc2)cc1. The molecule has 122 valence electrons. The Hall–Kier alpha value is -3.35. The van der Waals surface area contributed by atoms with Crippen molar-refractivity contribution in [1.82, 2.24) is 14.9 Å². The van der Waals surface area contributed by atoms with Gasteiger partial charge in [0.1, 0.15) is 0 Å². The second kappa shape index (κ2) is 6.82. The van der Waals surface area contributed by atoms with Crippen LogP contribution in [0.15, 0.2) is 59.7 Å². The number of nitrogens with zero attached hydrogens (tertiary/aromatic N) is 2. The number of rotatable bonds is 5. The average Bonchev–Trinajstić information content (AvgIpc) is 3.24. The molecule has 0 saturated carbocycles. The zero-order valence-electron chi connectivity index (χ0n) is 13.0. The summed E-state index contributed by atoms with van der Waals surface area (Å²) in [4.78, 5) is 28.2. The third-order valence-corrected chi connectivity index (χ3v) is 3.46. The fraction of sp³-hybridized carbons (Fsp3) is 0.118. The maximum atomic E-state index is 12.3. The molecule has 0 radical (unpaired) electrons. The second-order valence-electron chi connectivity index (χ2n) is 5.21. The number of furan rings is 1. The van der Waals surface area contributed by atoms with Gasteiger partial charge in [0.25, 0.3) is 0 Å². The van der Waals surface area contributed by atoms with Crippen molar-refractivity contribution >= 4 is 17.5 Å². The maximum Gasteiger partial charge on any atom is 0.319 e. The molecular formula is C17H16N4O3. The van der Waals surface area contributed by atoms with Crippen LogP contribution in [0, 0.1) is 0 Å². The lowest BCUT2D eigenvalue weighted by atomic mass is 10.1. The number of aromatic nitrogens is 2. The number of amides is 2. The zero-order chi connectivity index (χ0) is 16.9. The first-order chi connectivity index (χ1) is 11.6. The van der Waals surface area contributed by atoms with E-state index in [9.17, 15) is 9.59 Å². The van der Waals surface area contributed by atoms with Crippen LogP contribution in [0.5, 0.6) is 0 Å². The average molecular weight is 324 g/mol. The van der Waals surface area contributed by atoms with Gasteiger partial charge in [-0.3, -0.25) is 4.79 Å². The minimum Gasteiger partial charge on any atom is -0.472 e. The highest BCUT2D eigenvalue weighted by Gasteiger charge is 2.13. The first kappa shape index (κ1) is 15.5. The lowest BCUT2D eigenvalue weighted by Gasteiger charge is -2.07. The summed E-state index contributed by atoms with van der Waals surface area (Å²) in [7, 11) is 1.76. The Morgan fingerprint density at radius 1 is 1.21 bits per heavy atom. The molecule has 3 rings (SSSR count). The number of urea groups is 1. The Morgan fingerprint density at radius 3 is 2.62 bits per heavy atom. The van der Waals surface area contributed by atoms with Gasteiger partial charge in [0.2, 0.25) is 5.78 Å². The quantitative estimate of drug-likeness (QED) is 0.706. The number of carbonyl (C=O) groups excluding carboxylic acids is 2. The first-order valence-electron chi connectivity index (χ1n) is 7.31.